The average Bonchev–Trinajstić information content (AvgIpc) is 2.46. The first kappa shape index (κ1) is 17.6. The molecule has 0 spiro atoms. The monoisotopic (exact) mass is 312 g/mol. The number of nitrogens with one attached hydrogen (secondary N) is 1. The van der Waals surface area contributed by atoms with Crippen molar-refractivity contribution in [1.82, 2.24) is 0 Å². The Hall–Kier alpha value is -1.48. The minimum atomic E-state index is -0.413. The third-order valence-electron chi connectivity index (χ3n) is 2.64. The van der Waals surface area contributed by atoms with Crippen LogP contribution in [0.4, 0.5) is 5.69 Å². The zero-order valence-corrected chi connectivity index (χ0v) is 13.3. The van der Waals surface area contributed by atoms with Crippen molar-refractivity contribution in [3.63, 3.8) is 0 Å². The lowest BCUT2D eigenvalue weighted by Crippen LogP contribution is -2.19. The van der Waals surface area contributed by atoms with Crippen LogP contribution in [-0.4, -0.2) is 39.1 Å². The molecule has 5 nitrogen and oxygen atoms in total. The van der Waals surface area contributed by atoms with Gasteiger partial charge in [-0.1, -0.05) is 11.6 Å². The molecule has 0 aliphatic carbocycles. The molecule has 0 fully saturated rings. The van der Waals surface area contributed by atoms with Crippen molar-refractivity contribution in [1.29, 1.82) is 5.26 Å². The molecule has 0 aliphatic rings. The minimum absolute atomic E-state index is 0.0633. The number of hydrogen-bond acceptors (Lipinski definition) is 5. The van der Waals surface area contributed by atoms with Gasteiger partial charge in [-0.15, -0.1) is 0 Å². The predicted molar refractivity (Wildman–Crippen MR) is 82.9 cm³/mol. The molecule has 0 amide bonds. The number of rotatable bonds is 9. The molecule has 0 saturated carbocycles. The second-order valence-electron chi connectivity index (χ2n) is 4.59. The largest absolute Gasteiger partial charge is 0.486 e. The van der Waals surface area contributed by atoms with Gasteiger partial charge >= 0.3 is 0 Å². The van der Waals surface area contributed by atoms with Gasteiger partial charge in [0.1, 0.15) is 18.0 Å². The molecule has 2 atom stereocenters. The molecule has 0 radical (unpaired) electrons. The van der Waals surface area contributed by atoms with Crippen LogP contribution in [-0.2, 0) is 9.47 Å². The van der Waals surface area contributed by atoms with E-state index in [9.17, 15) is 0 Å². The van der Waals surface area contributed by atoms with Gasteiger partial charge in [0.2, 0.25) is 0 Å². The summed E-state index contributed by atoms with van der Waals surface area (Å²) >= 11 is 6.01. The maximum atomic E-state index is 8.64. The molecule has 1 aromatic rings. The lowest BCUT2D eigenvalue weighted by Gasteiger charge is -2.18. The SMILES string of the molecule is COCC(C)Oc1ccc(Cl)cc1NCCOC(C)C#N. The standard InChI is InChI=1S/C15H21ClN2O3/c1-11(9-17)20-7-6-18-14-8-13(16)4-5-15(14)21-12(2)10-19-3/h4-5,8,11-12,18H,6-7,10H2,1-3H3. The first-order chi connectivity index (χ1) is 10.1. The van der Waals surface area contributed by atoms with Gasteiger partial charge in [-0.25, -0.2) is 0 Å². The fourth-order valence-corrected chi connectivity index (χ4v) is 1.86. The van der Waals surface area contributed by atoms with Crippen molar-refractivity contribution in [2.45, 2.75) is 26.1 Å². The molecule has 1 N–H and O–H groups in total. The number of anilines is 1. The van der Waals surface area contributed by atoms with E-state index < -0.39 is 6.10 Å². The number of halogens is 1. The van der Waals surface area contributed by atoms with E-state index in [-0.39, 0.29) is 6.10 Å². The number of hydrogen-bond donors (Lipinski definition) is 1. The number of nitriles is 1. The van der Waals surface area contributed by atoms with Gasteiger partial charge in [0, 0.05) is 18.7 Å². The van der Waals surface area contributed by atoms with Crippen LogP contribution in [0.15, 0.2) is 18.2 Å². The quantitative estimate of drug-likeness (QED) is 0.710. The maximum absolute atomic E-state index is 8.64. The maximum Gasteiger partial charge on any atom is 0.143 e. The first-order valence-corrected chi connectivity index (χ1v) is 7.14. The molecule has 0 aromatic heterocycles. The van der Waals surface area contributed by atoms with Gasteiger partial charge < -0.3 is 19.5 Å². The Labute approximate surface area is 130 Å². The third-order valence-corrected chi connectivity index (χ3v) is 2.87. The van der Waals surface area contributed by atoms with E-state index >= 15 is 0 Å². The molecular weight excluding hydrogens is 292 g/mol. The summed E-state index contributed by atoms with van der Waals surface area (Å²) in [5.41, 5.74) is 0.790. The van der Waals surface area contributed by atoms with E-state index in [1.54, 1.807) is 26.2 Å². The lowest BCUT2D eigenvalue weighted by molar-refractivity contribution is 0.0923. The zero-order chi connectivity index (χ0) is 15.7. The fourth-order valence-electron chi connectivity index (χ4n) is 1.69. The Kier molecular flexibility index (Phi) is 7.91. The van der Waals surface area contributed by atoms with Gasteiger partial charge in [0.05, 0.1) is 25.0 Å². The third kappa shape index (κ3) is 6.67. The second kappa shape index (κ2) is 9.46. The Bertz CT molecular complexity index is 476. The van der Waals surface area contributed by atoms with Gasteiger partial charge in [-0.05, 0) is 32.0 Å². The van der Waals surface area contributed by atoms with Gasteiger partial charge in [0.25, 0.3) is 0 Å². The van der Waals surface area contributed by atoms with Crippen molar-refractivity contribution in [2.24, 2.45) is 0 Å². The van der Waals surface area contributed by atoms with Gasteiger partial charge in [0.15, 0.2) is 0 Å². The summed E-state index contributed by atoms with van der Waals surface area (Å²) in [6.07, 6.45) is -0.477. The van der Waals surface area contributed by atoms with Crippen molar-refractivity contribution in [3.05, 3.63) is 23.2 Å². The Balaban J connectivity index is 2.58. The second-order valence-corrected chi connectivity index (χ2v) is 5.03. The van der Waals surface area contributed by atoms with Crippen LogP contribution in [0, 0.1) is 11.3 Å². The molecule has 6 heteroatoms. The van der Waals surface area contributed by atoms with Gasteiger partial charge in [-0.3, -0.25) is 0 Å². The number of ether oxygens (including phenoxy) is 3. The van der Waals surface area contributed by atoms with E-state index in [4.69, 9.17) is 31.1 Å². The highest BCUT2D eigenvalue weighted by atomic mass is 35.5. The first-order valence-electron chi connectivity index (χ1n) is 6.77. The average molecular weight is 313 g/mol. The highest BCUT2D eigenvalue weighted by molar-refractivity contribution is 6.30. The fraction of sp³-hybridized carbons (Fsp3) is 0.533. The lowest BCUT2D eigenvalue weighted by atomic mass is 10.3. The van der Waals surface area contributed by atoms with E-state index in [0.29, 0.717) is 30.5 Å². The Morgan fingerprint density at radius 1 is 1.38 bits per heavy atom. The minimum Gasteiger partial charge on any atom is -0.486 e. The number of nitrogens with zero attached hydrogens (tertiary/aromatic N) is 1. The summed E-state index contributed by atoms with van der Waals surface area (Å²) in [5, 5.41) is 12.5. The van der Waals surface area contributed by atoms with Crippen molar-refractivity contribution in [3.8, 4) is 11.8 Å². The summed E-state index contributed by atoms with van der Waals surface area (Å²) in [6.45, 7) is 5.13. The van der Waals surface area contributed by atoms with Crippen LogP contribution in [0.25, 0.3) is 0 Å². The van der Waals surface area contributed by atoms with E-state index in [0.717, 1.165) is 5.69 Å². The molecule has 21 heavy (non-hydrogen) atoms. The molecule has 0 saturated heterocycles. The van der Waals surface area contributed by atoms with Crippen molar-refractivity contribution < 1.29 is 14.2 Å². The van der Waals surface area contributed by atoms with E-state index in [1.165, 1.54) is 0 Å². The van der Waals surface area contributed by atoms with Crippen LogP contribution in [0.5, 0.6) is 5.75 Å². The molecule has 0 bridgehead atoms. The van der Waals surface area contributed by atoms with E-state index in [1.807, 2.05) is 19.1 Å². The van der Waals surface area contributed by atoms with Crippen LogP contribution < -0.4 is 10.1 Å². The van der Waals surface area contributed by atoms with Gasteiger partial charge in [-0.2, -0.15) is 5.26 Å². The van der Waals surface area contributed by atoms with E-state index in [2.05, 4.69) is 5.32 Å². The van der Waals surface area contributed by atoms with Crippen molar-refractivity contribution >= 4 is 17.3 Å². The summed E-state index contributed by atoms with van der Waals surface area (Å²) in [7, 11) is 1.63. The van der Waals surface area contributed by atoms with Crippen LogP contribution in [0.2, 0.25) is 5.02 Å². The molecule has 1 rings (SSSR count). The van der Waals surface area contributed by atoms with Crippen molar-refractivity contribution in [2.75, 3.05) is 32.2 Å². The molecular formula is C15H21ClN2O3. The highest BCUT2D eigenvalue weighted by Gasteiger charge is 2.09. The summed E-state index contributed by atoms with van der Waals surface area (Å²) in [6, 6.07) is 7.40. The summed E-state index contributed by atoms with van der Waals surface area (Å²) in [4.78, 5) is 0. The topological polar surface area (TPSA) is 63.5 Å². The van der Waals surface area contributed by atoms with Crippen LogP contribution >= 0.6 is 11.6 Å². The molecule has 2 unspecified atom stereocenters. The predicted octanol–water partition coefficient (Wildman–Crippen LogP) is 3.09. The zero-order valence-electron chi connectivity index (χ0n) is 12.6. The smallest absolute Gasteiger partial charge is 0.143 e. The highest BCUT2D eigenvalue weighted by Crippen LogP contribution is 2.28. The number of benzene rings is 1. The van der Waals surface area contributed by atoms with Crippen LogP contribution in [0.1, 0.15) is 13.8 Å². The Morgan fingerprint density at radius 3 is 2.81 bits per heavy atom. The molecule has 116 valence electrons. The molecule has 1 aromatic carbocycles. The molecule has 0 heterocycles. The number of methoxy groups -OCH3 is 1. The molecule has 0 aliphatic heterocycles. The summed E-state index contributed by atoms with van der Waals surface area (Å²) in [5.74, 6) is 0.706. The summed E-state index contributed by atoms with van der Waals surface area (Å²) < 4.78 is 16.1. The Morgan fingerprint density at radius 2 is 2.14 bits per heavy atom. The normalized spacial score (nSPS) is 13.3. The van der Waals surface area contributed by atoms with Crippen LogP contribution in [0.3, 0.4) is 0 Å².